The van der Waals surface area contributed by atoms with Crippen LogP contribution in [0.25, 0.3) is 0 Å². The normalized spacial score (nSPS) is 10.5. The summed E-state index contributed by atoms with van der Waals surface area (Å²) >= 11 is 0. The number of nitrogens with one attached hydrogen (secondary N) is 1. The number of hydrogen-bond acceptors (Lipinski definition) is 4. The summed E-state index contributed by atoms with van der Waals surface area (Å²) < 4.78 is 11.0. The highest BCUT2D eigenvalue weighted by Gasteiger charge is 2.09. The lowest BCUT2D eigenvalue weighted by Gasteiger charge is -2.14. The molecule has 0 fully saturated rings. The van der Waals surface area contributed by atoms with E-state index in [1.807, 2.05) is 25.1 Å². The molecule has 1 aromatic carbocycles. The number of hydrogen-bond donors (Lipinski definition) is 2. The topological polar surface area (TPSA) is 50.7 Å². The van der Waals surface area contributed by atoms with Crippen LogP contribution in [0.4, 0.5) is 0 Å². The van der Waals surface area contributed by atoms with E-state index in [0.29, 0.717) is 6.61 Å². The first kappa shape index (κ1) is 15.8. The lowest BCUT2D eigenvalue weighted by molar-refractivity contribution is 0.282. The van der Waals surface area contributed by atoms with E-state index in [9.17, 15) is 0 Å². The van der Waals surface area contributed by atoms with Gasteiger partial charge in [0.2, 0.25) is 0 Å². The van der Waals surface area contributed by atoms with Crippen LogP contribution < -0.4 is 14.8 Å². The molecule has 0 amide bonds. The van der Waals surface area contributed by atoms with Gasteiger partial charge in [-0.25, -0.2) is 0 Å². The fourth-order valence-corrected chi connectivity index (χ4v) is 1.96. The molecular formula is C15H25NO3. The van der Waals surface area contributed by atoms with Crippen molar-refractivity contribution in [3.8, 4) is 11.5 Å². The van der Waals surface area contributed by atoms with E-state index in [2.05, 4.69) is 5.32 Å². The predicted molar refractivity (Wildman–Crippen MR) is 76.8 cm³/mol. The second kappa shape index (κ2) is 9.64. The van der Waals surface area contributed by atoms with Crippen LogP contribution >= 0.6 is 0 Å². The van der Waals surface area contributed by atoms with Crippen LogP contribution in [0.3, 0.4) is 0 Å². The summed E-state index contributed by atoms with van der Waals surface area (Å²) in [4.78, 5) is 0. The van der Waals surface area contributed by atoms with Gasteiger partial charge in [0.25, 0.3) is 0 Å². The third-order valence-corrected chi connectivity index (χ3v) is 2.89. The number of para-hydroxylation sites is 1. The minimum atomic E-state index is 0.282. The number of aliphatic hydroxyl groups is 1. The van der Waals surface area contributed by atoms with E-state index in [4.69, 9.17) is 14.6 Å². The van der Waals surface area contributed by atoms with Gasteiger partial charge in [0.05, 0.1) is 13.7 Å². The number of methoxy groups -OCH3 is 1. The van der Waals surface area contributed by atoms with E-state index < -0.39 is 0 Å². The van der Waals surface area contributed by atoms with Gasteiger partial charge in [0, 0.05) is 18.7 Å². The van der Waals surface area contributed by atoms with E-state index in [1.165, 1.54) is 0 Å². The minimum absolute atomic E-state index is 0.282. The van der Waals surface area contributed by atoms with E-state index in [1.54, 1.807) is 7.11 Å². The Balaban J connectivity index is 2.46. The van der Waals surface area contributed by atoms with Gasteiger partial charge in [-0.3, -0.25) is 0 Å². The predicted octanol–water partition coefficient (Wildman–Crippen LogP) is 2.35. The van der Waals surface area contributed by atoms with Gasteiger partial charge in [-0.2, -0.15) is 0 Å². The molecule has 0 atom stereocenters. The molecule has 0 saturated heterocycles. The average molecular weight is 267 g/mol. The summed E-state index contributed by atoms with van der Waals surface area (Å²) in [5.41, 5.74) is 1.11. The minimum Gasteiger partial charge on any atom is -0.493 e. The Morgan fingerprint density at radius 2 is 2.05 bits per heavy atom. The number of aliphatic hydroxyl groups excluding tert-OH is 1. The summed E-state index contributed by atoms with van der Waals surface area (Å²) in [5, 5.41) is 12.1. The van der Waals surface area contributed by atoms with Gasteiger partial charge < -0.3 is 19.9 Å². The molecule has 0 spiro atoms. The Morgan fingerprint density at radius 3 is 2.74 bits per heavy atom. The Labute approximate surface area is 115 Å². The average Bonchev–Trinajstić information content (AvgIpc) is 2.43. The first-order valence-corrected chi connectivity index (χ1v) is 6.93. The van der Waals surface area contributed by atoms with Crippen molar-refractivity contribution in [3.05, 3.63) is 23.8 Å². The maximum absolute atomic E-state index is 8.70. The highest BCUT2D eigenvalue weighted by molar-refractivity contribution is 5.46. The summed E-state index contributed by atoms with van der Waals surface area (Å²) in [5.74, 6) is 1.61. The molecule has 0 saturated carbocycles. The molecule has 1 rings (SSSR count). The van der Waals surface area contributed by atoms with Gasteiger partial charge in [-0.1, -0.05) is 12.1 Å². The van der Waals surface area contributed by atoms with Gasteiger partial charge in [-0.15, -0.1) is 0 Å². The molecule has 4 heteroatoms. The zero-order valence-corrected chi connectivity index (χ0v) is 11.9. The van der Waals surface area contributed by atoms with Crippen molar-refractivity contribution in [1.29, 1.82) is 0 Å². The van der Waals surface area contributed by atoms with E-state index >= 15 is 0 Å². The van der Waals surface area contributed by atoms with Crippen molar-refractivity contribution in [2.24, 2.45) is 0 Å². The molecule has 0 heterocycles. The van der Waals surface area contributed by atoms with Crippen molar-refractivity contribution in [2.45, 2.75) is 32.7 Å². The van der Waals surface area contributed by atoms with Crippen molar-refractivity contribution in [3.63, 3.8) is 0 Å². The second-order valence-corrected chi connectivity index (χ2v) is 4.34. The molecule has 108 valence electrons. The lowest BCUT2D eigenvalue weighted by Crippen LogP contribution is -2.15. The molecule has 0 aromatic heterocycles. The molecule has 0 unspecified atom stereocenters. The van der Waals surface area contributed by atoms with Crippen molar-refractivity contribution < 1.29 is 14.6 Å². The smallest absolute Gasteiger partial charge is 0.165 e. The largest absolute Gasteiger partial charge is 0.493 e. The van der Waals surface area contributed by atoms with Crippen LogP contribution in [0.5, 0.6) is 11.5 Å². The van der Waals surface area contributed by atoms with Crippen LogP contribution in [0.15, 0.2) is 18.2 Å². The molecule has 0 aliphatic rings. The van der Waals surface area contributed by atoms with Gasteiger partial charge in [0.15, 0.2) is 11.5 Å². The van der Waals surface area contributed by atoms with E-state index in [0.717, 1.165) is 49.4 Å². The van der Waals surface area contributed by atoms with Crippen molar-refractivity contribution in [2.75, 3.05) is 26.9 Å². The molecule has 0 bridgehead atoms. The Morgan fingerprint density at radius 1 is 1.21 bits per heavy atom. The summed E-state index contributed by atoms with van der Waals surface area (Å²) in [6, 6.07) is 5.95. The fraction of sp³-hybridized carbons (Fsp3) is 0.600. The highest BCUT2D eigenvalue weighted by atomic mass is 16.5. The first-order valence-electron chi connectivity index (χ1n) is 6.93. The number of unbranched alkanes of at least 4 members (excludes halogenated alkanes) is 2. The fourth-order valence-electron chi connectivity index (χ4n) is 1.96. The maximum atomic E-state index is 8.70. The zero-order chi connectivity index (χ0) is 13.9. The zero-order valence-electron chi connectivity index (χ0n) is 11.9. The Kier molecular flexibility index (Phi) is 8.02. The monoisotopic (exact) mass is 267 g/mol. The molecule has 0 aliphatic carbocycles. The molecule has 0 aliphatic heterocycles. The van der Waals surface area contributed by atoms with Crippen LogP contribution in [-0.4, -0.2) is 32.0 Å². The molecule has 0 radical (unpaired) electrons. The van der Waals surface area contributed by atoms with Crippen LogP contribution in [-0.2, 0) is 6.54 Å². The molecule has 19 heavy (non-hydrogen) atoms. The number of ether oxygens (including phenoxy) is 2. The molecular weight excluding hydrogens is 242 g/mol. The Bertz CT molecular complexity index is 355. The second-order valence-electron chi connectivity index (χ2n) is 4.34. The maximum Gasteiger partial charge on any atom is 0.165 e. The summed E-state index contributed by atoms with van der Waals surface area (Å²) in [6.07, 6.45) is 3.01. The number of rotatable bonds is 10. The lowest BCUT2D eigenvalue weighted by atomic mass is 10.1. The molecule has 1 aromatic rings. The Hall–Kier alpha value is -1.26. The highest BCUT2D eigenvalue weighted by Crippen LogP contribution is 2.30. The van der Waals surface area contributed by atoms with Gasteiger partial charge in [0.1, 0.15) is 0 Å². The standard InChI is InChI=1S/C15H25NO3/c1-3-19-14-9-7-8-13(15(14)18-2)12-16-10-5-4-6-11-17/h7-9,16-17H,3-6,10-12H2,1-2H3. The van der Waals surface area contributed by atoms with E-state index in [-0.39, 0.29) is 6.61 Å². The van der Waals surface area contributed by atoms with Gasteiger partial charge in [-0.05, 0) is 38.8 Å². The third-order valence-electron chi connectivity index (χ3n) is 2.89. The SMILES string of the molecule is CCOc1cccc(CNCCCCCO)c1OC. The number of benzene rings is 1. The van der Waals surface area contributed by atoms with Crippen molar-refractivity contribution >= 4 is 0 Å². The summed E-state index contributed by atoms with van der Waals surface area (Å²) in [6.45, 7) is 4.59. The van der Waals surface area contributed by atoms with Gasteiger partial charge >= 0.3 is 0 Å². The summed E-state index contributed by atoms with van der Waals surface area (Å²) in [7, 11) is 1.67. The molecule has 4 nitrogen and oxygen atoms in total. The van der Waals surface area contributed by atoms with Crippen molar-refractivity contribution in [1.82, 2.24) is 5.32 Å². The van der Waals surface area contributed by atoms with Crippen LogP contribution in [0, 0.1) is 0 Å². The third kappa shape index (κ3) is 5.49. The quantitative estimate of drug-likeness (QED) is 0.639. The molecule has 2 N–H and O–H groups in total. The van der Waals surface area contributed by atoms with Crippen LogP contribution in [0.1, 0.15) is 31.7 Å². The van der Waals surface area contributed by atoms with Crippen LogP contribution in [0.2, 0.25) is 0 Å². The first-order chi connectivity index (χ1) is 9.33.